The van der Waals surface area contributed by atoms with Crippen LogP contribution in [0.1, 0.15) is 74.2 Å². The summed E-state index contributed by atoms with van der Waals surface area (Å²) in [5, 5.41) is 9.03. The number of benzene rings is 4. The molecule has 0 fully saturated rings. The van der Waals surface area contributed by atoms with Gasteiger partial charge in [-0.15, -0.1) is 0 Å². The second-order valence-corrected chi connectivity index (χ2v) is 16.7. The summed E-state index contributed by atoms with van der Waals surface area (Å²) in [5.74, 6) is 2.18. The standard InChI is InChI=1S/C45H46N2O11S/c1-54-35-11-6-27(7-12-35)31-17-34-10-5-29-20-42(41(56-3)23-38(29)44(49)46(34)24-31)58-16-4-15-57-40-21-30-22-43(59(51,52)53)39-19-32(28-8-13-36(55-2)14-9-28)25-47(39)45(50)37(30)18-33(40)26-48/h6-9,11-14,18,20-21,23-25,34,39,43,48H,4-5,10,15-17,19,22,26H2,1-3H3,(H,51,52,53)/t34-,39+,43?/m1/s1. The average Bonchev–Trinajstić information content (AvgIpc) is 3.83. The van der Waals surface area contributed by atoms with E-state index in [0.29, 0.717) is 52.5 Å². The van der Waals surface area contributed by atoms with E-state index in [0.717, 1.165) is 46.4 Å². The van der Waals surface area contributed by atoms with Gasteiger partial charge in [0.05, 0.1) is 47.2 Å². The van der Waals surface area contributed by atoms with Gasteiger partial charge in [0.25, 0.3) is 21.9 Å². The van der Waals surface area contributed by atoms with E-state index < -0.39 is 33.9 Å². The number of hydrogen-bond donors (Lipinski definition) is 2. The molecule has 0 bridgehead atoms. The zero-order valence-corrected chi connectivity index (χ0v) is 33.9. The lowest BCUT2D eigenvalue weighted by Gasteiger charge is -2.26. The number of amides is 2. The molecular weight excluding hydrogens is 777 g/mol. The molecule has 4 heterocycles. The van der Waals surface area contributed by atoms with Crippen LogP contribution in [0.15, 0.2) is 85.2 Å². The topological polar surface area (TPSA) is 161 Å². The number of nitrogens with zero attached hydrogens (tertiary/aromatic N) is 2. The Balaban J connectivity index is 0.941. The molecular formula is C45H46N2O11S. The van der Waals surface area contributed by atoms with Gasteiger partial charge in [-0.1, -0.05) is 24.3 Å². The molecule has 0 aromatic heterocycles. The van der Waals surface area contributed by atoms with Crippen LogP contribution in [0.25, 0.3) is 11.1 Å². The predicted octanol–water partition coefficient (Wildman–Crippen LogP) is 6.32. The van der Waals surface area contributed by atoms with Gasteiger partial charge in [0.15, 0.2) is 11.5 Å². The van der Waals surface area contributed by atoms with Crippen LogP contribution in [0.4, 0.5) is 0 Å². The zero-order chi connectivity index (χ0) is 41.4. The molecule has 4 aliphatic rings. The lowest BCUT2D eigenvalue weighted by molar-refractivity contribution is 0.0780. The van der Waals surface area contributed by atoms with E-state index in [2.05, 4.69) is 0 Å². The summed E-state index contributed by atoms with van der Waals surface area (Å²) in [7, 11) is 0.138. The van der Waals surface area contributed by atoms with Crippen LogP contribution in [0, 0.1) is 0 Å². The third kappa shape index (κ3) is 7.87. The van der Waals surface area contributed by atoms with Crippen molar-refractivity contribution in [3.8, 4) is 28.7 Å². The molecule has 3 atom stereocenters. The summed E-state index contributed by atoms with van der Waals surface area (Å²) < 4.78 is 64.6. The molecule has 0 saturated heterocycles. The van der Waals surface area contributed by atoms with Gasteiger partial charge in [-0.05, 0) is 114 Å². The average molecular weight is 823 g/mol. The predicted molar refractivity (Wildman–Crippen MR) is 219 cm³/mol. The molecule has 1 unspecified atom stereocenters. The lowest BCUT2D eigenvalue weighted by atomic mass is 9.96. The minimum Gasteiger partial charge on any atom is -0.497 e. The van der Waals surface area contributed by atoms with Crippen LogP contribution in [0.2, 0.25) is 0 Å². The Bertz CT molecular complexity index is 2440. The summed E-state index contributed by atoms with van der Waals surface area (Å²) in [6, 6.07) is 21.1. The first-order valence-corrected chi connectivity index (χ1v) is 21.0. The molecule has 2 amide bonds. The van der Waals surface area contributed by atoms with Crippen LogP contribution in [0.5, 0.6) is 28.7 Å². The van der Waals surface area contributed by atoms with E-state index in [1.54, 1.807) is 44.7 Å². The number of aryl methyl sites for hydroxylation is 1. The number of methoxy groups -OCH3 is 3. The number of aliphatic hydroxyl groups excluding tert-OH is 1. The summed E-state index contributed by atoms with van der Waals surface area (Å²) in [6.45, 7) is -0.00413. The first-order valence-electron chi connectivity index (χ1n) is 19.5. The number of carbonyl (C=O) groups is 2. The van der Waals surface area contributed by atoms with E-state index in [1.807, 2.05) is 53.6 Å². The molecule has 8 rings (SSSR count). The minimum atomic E-state index is -4.59. The molecule has 4 aromatic rings. The molecule has 0 radical (unpaired) electrons. The minimum absolute atomic E-state index is 0.0419. The van der Waals surface area contributed by atoms with Crippen LogP contribution in [-0.4, -0.2) is 91.6 Å². The van der Waals surface area contributed by atoms with Crippen molar-refractivity contribution in [2.75, 3.05) is 34.5 Å². The Kier molecular flexibility index (Phi) is 11.1. The molecule has 0 saturated carbocycles. The van der Waals surface area contributed by atoms with Gasteiger partial charge in [0, 0.05) is 41.6 Å². The van der Waals surface area contributed by atoms with Gasteiger partial charge < -0.3 is 38.6 Å². The van der Waals surface area contributed by atoms with Crippen molar-refractivity contribution in [1.82, 2.24) is 9.80 Å². The first-order chi connectivity index (χ1) is 28.5. The summed E-state index contributed by atoms with van der Waals surface area (Å²) in [4.78, 5) is 31.1. The summed E-state index contributed by atoms with van der Waals surface area (Å²) >= 11 is 0. The number of ether oxygens (including phenoxy) is 5. The van der Waals surface area contributed by atoms with E-state index in [9.17, 15) is 27.7 Å². The quantitative estimate of drug-likeness (QED) is 0.115. The van der Waals surface area contributed by atoms with Crippen molar-refractivity contribution in [3.05, 3.63) is 124 Å². The first kappa shape index (κ1) is 40.0. The van der Waals surface area contributed by atoms with E-state index in [4.69, 9.17) is 23.7 Å². The van der Waals surface area contributed by atoms with Gasteiger partial charge in [-0.25, -0.2) is 0 Å². The van der Waals surface area contributed by atoms with E-state index >= 15 is 0 Å². The van der Waals surface area contributed by atoms with Crippen molar-refractivity contribution in [2.45, 2.75) is 62.5 Å². The molecule has 4 aromatic carbocycles. The molecule has 14 heteroatoms. The van der Waals surface area contributed by atoms with Crippen molar-refractivity contribution in [1.29, 1.82) is 0 Å². The Morgan fingerprint density at radius 2 is 1.25 bits per heavy atom. The molecule has 0 aliphatic carbocycles. The van der Waals surface area contributed by atoms with Crippen LogP contribution >= 0.6 is 0 Å². The monoisotopic (exact) mass is 822 g/mol. The maximum absolute atomic E-state index is 14.0. The number of hydrogen-bond acceptors (Lipinski definition) is 10. The van der Waals surface area contributed by atoms with Gasteiger partial charge in [-0.2, -0.15) is 8.42 Å². The Labute approximate surface area is 343 Å². The smallest absolute Gasteiger partial charge is 0.270 e. The fourth-order valence-electron chi connectivity index (χ4n) is 8.55. The fraction of sp³-hybridized carbons (Fsp3) is 0.333. The SMILES string of the molecule is COc1ccc(C2=CN3C(=O)c4cc(OC)c(OCCCOc5cc6c(cc5CO)C(=O)N5C=C(c7ccc(OC)cc7)C[C@H]5C(S(=O)(=O)O)C6)cc4CC[C@@H]3C2)cc1. The Morgan fingerprint density at radius 1 is 0.678 bits per heavy atom. The molecule has 0 spiro atoms. The highest BCUT2D eigenvalue weighted by molar-refractivity contribution is 7.86. The highest BCUT2D eigenvalue weighted by Crippen LogP contribution is 2.42. The molecule has 2 N–H and O–H groups in total. The van der Waals surface area contributed by atoms with E-state index in [1.165, 1.54) is 18.1 Å². The number of aliphatic hydroxyl groups is 1. The zero-order valence-electron chi connectivity index (χ0n) is 33.1. The van der Waals surface area contributed by atoms with Crippen molar-refractivity contribution < 1.29 is 51.4 Å². The lowest BCUT2D eigenvalue weighted by Crippen LogP contribution is -2.43. The van der Waals surface area contributed by atoms with E-state index in [-0.39, 0.29) is 43.6 Å². The highest BCUT2D eigenvalue weighted by atomic mass is 32.2. The van der Waals surface area contributed by atoms with Crippen molar-refractivity contribution in [3.63, 3.8) is 0 Å². The van der Waals surface area contributed by atoms with Gasteiger partial charge >= 0.3 is 0 Å². The van der Waals surface area contributed by atoms with Crippen LogP contribution in [0.3, 0.4) is 0 Å². The largest absolute Gasteiger partial charge is 0.497 e. The third-order valence-electron chi connectivity index (χ3n) is 11.7. The maximum atomic E-state index is 14.0. The molecule has 59 heavy (non-hydrogen) atoms. The van der Waals surface area contributed by atoms with Crippen LogP contribution in [-0.2, 0) is 29.6 Å². The van der Waals surface area contributed by atoms with Gasteiger partial charge in [0.1, 0.15) is 22.5 Å². The van der Waals surface area contributed by atoms with Gasteiger partial charge in [0.2, 0.25) is 0 Å². The maximum Gasteiger partial charge on any atom is 0.270 e. The number of carbonyl (C=O) groups excluding carboxylic acids is 2. The highest BCUT2D eigenvalue weighted by Gasteiger charge is 2.45. The molecule has 4 aliphatic heterocycles. The second-order valence-electron chi connectivity index (χ2n) is 15.1. The third-order valence-corrected chi connectivity index (χ3v) is 13.0. The Morgan fingerprint density at radius 3 is 1.86 bits per heavy atom. The van der Waals surface area contributed by atoms with Crippen LogP contribution < -0.4 is 23.7 Å². The van der Waals surface area contributed by atoms with Gasteiger partial charge in [-0.3, -0.25) is 14.1 Å². The Hall–Kier alpha value is -5.83. The fourth-order valence-corrected chi connectivity index (χ4v) is 9.57. The normalized spacial score (nSPS) is 19.7. The van der Waals surface area contributed by atoms with Crippen molar-refractivity contribution >= 4 is 33.1 Å². The molecule has 308 valence electrons. The van der Waals surface area contributed by atoms with Crippen molar-refractivity contribution in [2.24, 2.45) is 0 Å². The summed E-state index contributed by atoms with van der Waals surface area (Å²) in [5.41, 5.74) is 6.18. The molecule has 13 nitrogen and oxygen atoms in total. The summed E-state index contributed by atoms with van der Waals surface area (Å²) in [6.07, 6.45) is 6.36. The number of rotatable bonds is 13. The second kappa shape index (κ2) is 16.4. The number of fused-ring (bicyclic) bond motifs is 4.